The maximum absolute atomic E-state index is 14.5. The predicted molar refractivity (Wildman–Crippen MR) is 79.5 cm³/mol. The monoisotopic (exact) mass is 272 g/mol. The van der Waals surface area contributed by atoms with Crippen molar-refractivity contribution < 1.29 is 4.39 Å². The fourth-order valence-corrected chi connectivity index (χ4v) is 4.23. The highest BCUT2D eigenvalue weighted by Crippen LogP contribution is 2.41. The van der Waals surface area contributed by atoms with E-state index in [4.69, 9.17) is 5.73 Å². The Hall–Kier alpha value is -1.35. The molecule has 3 heteroatoms. The first-order valence-corrected chi connectivity index (χ1v) is 7.81. The molecule has 0 aliphatic heterocycles. The third-order valence-electron chi connectivity index (χ3n) is 5.12. The van der Waals surface area contributed by atoms with E-state index in [1.807, 2.05) is 6.07 Å². The lowest BCUT2D eigenvalue weighted by molar-refractivity contribution is 0.386. The first-order chi connectivity index (χ1) is 9.74. The number of aromatic amines is 1. The van der Waals surface area contributed by atoms with Crippen molar-refractivity contribution in [2.24, 2.45) is 5.73 Å². The summed E-state index contributed by atoms with van der Waals surface area (Å²) < 4.78 is 14.5. The first-order valence-electron chi connectivity index (χ1n) is 7.81. The summed E-state index contributed by atoms with van der Waals surface area (Å²) in [5.41, 5.74) is 10.9. The van der Waals surface area contributed by atoms with E-state index < -0.39 is 0 Å². The smallest absolute Gasteiger partial charge is 0.127 e. The summed E-state index contributed by atoms with van der Waals surface area (Å²) in [7, 11) is 0. The van der Waals surface area contributed by atoms with Gasteiger partial charge in [0.15, 0.2) is 0 Å². The molecule has 20 heavy (non-hydrogen) atoms. The Kier molecular flexibility index (Phi) is 2.84. The van der Waals surface area contributed by atoms with Crippen LogP contribution < -0.4 is 5.73 Å². The number of rotatable bonds is 1. The van der Waals surface area contributed by atoms with Gasteiger partial charge in [-0.25, -0.2) is 4.39 Å². The van der Waals surface area contributed by atoms with E-state index in [0.717, 1.165) is 49.6 Å². The van der Waals surface area contributed by atoms with E-state index in [1.165, 1.54) is 23.1 Å². The molecule has 1 saturated carbocycles. The molecule has 0 amide bonds. The predicted octanol–water partition coefficient (Wildman–Crippen LogP) is 3.78. The third-order valence-corrected chi connectivity index (χ3v) is 5.12. The van der Waals surface area contributed by atoms with Crippen LogP contribution in [0.4, 0.5) is 4.39 Å². The topological polar surface area (TPSA) is 41.8 Å². The summed E-state index contributed by atoms with van der Waals surface area (Å²) in [6.07, 6.45) is 7.59. The molecule has 0 bridgehead atoms. The lowest BCUT2D eigenvalue weighted by Crippen LogP contribution is -2.27. The molecule has 1 aromatic heterocycles. The van der Waals surface area contributed by atoms with Crippen molar-refractivity contribution in [3.05, 3.63) is 34.8 Å². The molecule has 0 saturated heterocycles. The zero-order chi connectivity index (χ0) is 13.7. The lowest BCUT2D eigenvalue weighted by atomic mass is 9.80. The van der Waals surface area contributed by atoms with Crippen molar-refractivity contribution in [1.82, 2.24) is 4.98 Å². The molecule has 2 aliphatic rings. The summed E-state index contributed by atoms with van der Waals surface area (Å²) in [5.74, 6) is 0.258. The van der Waals surface area contributed by atoms with Gasteiger partial charge < -0.3 is 10.7 Å². The molecule has 106 valence electrons. The Morgan fingerprint density at radius 2 is 2.05 bits per heavy atom. The minimum Gasteiger partial charge on any atom is -0.358 e. The van der Waals surface area contributed by atoms with Gasteiger partial charge >= 0.3 is 0 Å². The van der Waals surface area contributed by atoms with Crippen LogP contribution in [0.5, 0.6) is 0 Å². The Morgan fingerprint density at radius 1 is 1.15 bits per heavy atom. The zero-order valence-electron chi connectivity index (χ0n) is 11.7. The minimum atomic E-state index is -0.0368. The second-order valence-electron chi connectivity index (χ2n) is 6.44. The van der Waals surface area contributed by atoms with Crippen LogP contribution in [0.2, 0.25) is 0 Å². The van der Waals surface area contributed by atoms with Crippen molar-refractivity contribution in [3.63, 3.8) is 0 Å². The van der Waals surface area contributed by atoms with Gasteiger partial charge in [-0.05, 0) is 62.1 Å². The fourth-order valence-electron chi connectivity index (χ4n) is 4.23. The van der Waals surface area contributed by atoms with E-state index in [2.05, 4.69) is 4.98 Å². The SMILES string of the molecule is N[C@H]1CCCC(c2c(F)ccc3[nH]c4c(c23)CCC4)C1. The fraction of sp³-hybridized carbons (Fsp3) is 0.529. The van der Waals surface area contributed by atoms with Crippen molar-refractivity contribution in [3.8, 4) is 0 Å². The molecular weight excluding hydrogens is 251 g/mol. The molecule has 1 aromatic carbocycles. The van der Waals surface area contributed by atoms with Gasteiger partial charge in [0.25, 0.3) is 0 Å². The highest BCUT2D eigenvalue weighted by Gasteiger charge is 2.28. The van der Waals surface area contributed by atoms with E-state index >= 15 is 0 Å². The van der Waals surface area contributed by atoms with Crippen molar-refractivity contribution in [2.45, 2.75) is 56.9 Å². The van der Waals surface area contributed by atoms with Crippen LogP contribution in [0, 0.1) is 5.82 Å². The number of fused-ring (bicyclic) bond motifs is 3. The molecule has 2 atom stereocenters. The highest BCUT2D eigenvalue weighted by atomic mass is 19.1. The molecule has 1 unspecified atom stereocenters. The Balaban J connectivity index is 1.90. The van der Waals surface area contributed by atoms with Gasteiger partial charge in [0, 0.05) is 28.2 Å². The Morgan fingerprint density at radius 3 is 2.90 bits per heavy atom. The van der Waals surface area contributed by atoms with Gasteiger partial charge in [0.2, 0.25) is 0 Å². The van der Waals surface area contributed by atoms with Crippen LogP contribution in [0.1, 0.15) is 54.8 Å². The lowest BCUT2D eigenvalue weighted by Gasteiger charge is -2.28. The summed E-state index contributed by atoms with van der Waals surface area (Å²) in [6.45, 7) is 0. The number of halogens is 1. The standard InChI is InChI=1S/C17H21FN2/c18-13-7-8-15-17(12-5-2-6-14(12)20-15)16(13)10-3-1-4-11(19)9-10/h7-8,10-11,20H,1-6,9,19H2/t10?,11-/m0/s1. The van der Waals surface area contributed by atoms with Gasteiger partial charge in [-0.1, -0.05) is 6.42 Å². The van der Waals surface area contributed by atoms with Crippen molar-refractivity contribution in [1.29, 1.82) is 0 Å². The van der Waals surface area contributed by atoms with E-state index in [9.17, 15) is 4.39 Å². The van der Waals surface area contributed by atoms with Gasteiger partial charge in [0.05, 0.1) is 0 Å². The van der Waals surface area contributed by atoms with Crippen LogP contribution in [-0.2, 0) is 12.8 Å². The molecule has 3 N–H and O–H groups in total. The van der Waals surface area contributed by atoms with Gasteiger partial charge in [-0.3, -0.25) is 0 Å². The molecule has 0 radical (unpaired) electrons. The third kappa shape index (κ3) is 1.80. The van der Waals surface area contributed by atoms with E-state index in [1.54, 1.807) is 6.07 Å². The molecule has 2 nitrogen and oxygen atoms in total. The Labute approximate surface area is 118 Å². The van der Waals surface area contributed by atoms with Crippen LogP contribution in [0.15, 0.2) is 12.1 Å². The molecule has 1 fully saturated rings. The van der Waals surface area contributed by atoms with E-state index in [0.29, 0.717) is 5.92 Å². The first kappa shape index (κ1) is 12.4. The van der Waals surface area contributed by atoms with Gasteiger partial charge in [0.1, 0.15) is 5.82 Å². The largest absolute Gasteiger partial charge is 0.358 e. The average molecular weight is 272 g/mol. The molecule has 1 heterocycles. The summed E-state index contributed by atoms with van der Waals surface area (Å²) >= 11 is 0. The average Bonchev–Trinajstić information content (AvgIpc) is 2.99. The normalized spacial score (nSPS) is 26.1. The highest BCUT2D eigenvalue weighted by molar-refractivity contribution is 5.89. The summed E-state index contributed by atoms with van der Waals surface area (Å²) in [4.78, 5) is 3.50. The molecule has 2 aliphatic carbocycles. The minimum absolute atomic E-state index is 0.0368. The summed E-state index contributed by atoms with van der Waals surface area (Å²) in [6, 6.07) is 3.76. The number of nitrogens with two attached hydrogens (primary N) is 1. The Bertz CT molecular complexity index is 659. The van der Waals surface area contributed by atoms with Crippen LogP contribution in [0.25, 0.3) is 10.9 Å². The molecule has 0 spiro atoms. The zero-order valence-corrected chi connectivity index (χ0v) is 11.7. The van der Waals surface area contributed by atoms with Crippen molar-refractivity contribution >= 4 is 10.9 Å². The maximum Gasteiger partial charge on any atom is 0.127 e. The molecular formula is C17H21FN2. The summed E-state index contributed by atoms with van der Waals surface area (Å²) in [5, 5.41) is 1.18. The van der Waals surface area contributed by atoms with Crippen molar-refractivity contribution in [2.75, 3.05) is 0 Å². The van der Waals surface area contributed by atoms with Crippen LogP contribution in [0.3, 0.4) is 0 Å². The number of aromatic nitrogens is 1. The second kappa shape index (κ2) is 4.59. The van der Waals surface area contributed by atoms with Gasteiger partial charge in [-0.15, -0.1) is 0 Å². The molecule has 4 rings (SSSR count). The number of aryl methyl sites for hydroxylation is 2. The number of benzene rings is 1. The quantitative estimate of drug-likeness (QED) is 0.815. The number of hydrogen-bond acceptors (Lipinski definition) is 1. The second-order valence-corrected chi connectivity index (χ2v) is 6.44. The number of nitrogens with one attached hydrogen (secondary N) is 1. The van der Waals surface area contributed by atoms with Crippen LogP contribution >= 0.6 is 0 Å². The molecule has 2 aromatic rings. The maximum atomic E-state index is 14.5. The number of H-pyrrole nitrogens is 1. The van der Waals surface area contributed by atoms with Crippen LogP contribution in [-0.4, -0.2) is 11.0 Å². The van der Waals surface area contributed by atoms with Gasteiger partial charge in [-0.2, -0.15) is 0 Å². The van der Waals surface area contributed by atoms with E-state index in [-0.39, 0.29) is 11.9 Å². The number of hydrogen-bond donors (Lipinski definition) is 2.